The van der Waals surface area contributed by atoms with Gasteiger partial charge in [-0.25, -0.2) is 9.78 Å². The van der Waals surface area contributed by atoms with E-state index in [1.54, 1.807) is 40.0 Å². The van der Waals surface area contributed by atoms with Crippen molar-refractivity contribution in [3.05, 3.63) is 39.4 Å². The fourth-order valence-electron chi connectivity index (χ4n) is 1.96. The molecule has 0 unspecified atom stereocenters. The van der Waals surface area contributed by atoms with Gasteiger partial charge in [0.2, 0.25) is 0 Å². The van der Waals surface area contributed by atoms with E-state index in [2.05, 4.69) is 4.98 Å². The molecule has 1 heterocycles. The fourth-order valence-corrected chi connectivity index (χ4v) is 1.96. The number of benzene rings is 1. The lowest BCUT2D eigenvalue weighted by atomic mass is 10.1. The van der Waals surface area contributed by atoms with Gasteiger partial charge < -0.3 is 4.74 Å². The van der Waals surface area contributed by atoms with Crippen LogP contribution in [-0.2, 0) is 11.8 Å². The molecule has 0 bridgehead atoms. The quantitative estimate of drug-likeness (QED) is 0.771. The first-order chi connectivity index (χ1) is 8.95. The van der Waals surface area contributed by atoms with Crippen molar-refractivity contribution in [1.29, 1.82) is 0 Å². The van der Waals surface area contributed by atoms with Crippen molar-refractivity contribution >= 4 is 16.9 Å². The van der Waals surface area contributed by atoms with E-state index in [9.17, 15) is 9.59 Å². The van der Waals surface area contributed by atoms with Crippen LogP contribution in [0.4, 0.5) is 0 Å². The van der Waals surface area contributed by atoms with Gasteiger partial charge in [0.25, 0.3) is 5.56 Å². The minimum Gasteiger partial charge on any atom is -0.462 e. The molecule has 0 N–H and O–H groups in total. The molecular weight excluding hydrogens is 244 g/mol. The average molecular weight is 260 g/mol. The molecule has 100 valence electrons. The van der Waals surface area contributed by atoms with Crippen LogP contribution in [0.15, 0.2) is 16.9 Å². The Labute approximate surface area is 110 Å². The molecule has 0 saturated carbocycles. The third-order valence-corrected chi connectivity index (χ3v) is 3.14. The van der Waals surface area contributed by atoms with E-state index in [1.165, 1.54) is 4.57 Å². The zero-order chi connectivity index (χ0) is 14.2. The lowest BCUT2D eigenvalue weighted by molar-refractivity contribution is 0.0525. The first kappa shape index (κ1) is 13.3. The third-order valence-electron chi connectivity index (χ3n) is 3.14. The fraction of sp³-hybridized carbons (Fsp3) is 0.357. The molecule has 2 aromatic rings. The number of hydrogen-bond acceptors (Lipinski definition) is 4. The third kappa shape index (κ3) is 2.23. The van der Waals surface area contributed by atoms with Gasteiger partial charge in [-0.05, 0) is 38.5 Å². The van der Waals surface area contributed by atoms with Gasteiger partial charge in [0.1, 0.15) is 5.82 Å². The van der Waals surface area contributed by atoms with Crippen LogP contribution in [0.5, 0.6) is 0 Å². The normalized spacial score (nSPS) is 10.7. The summed E-state index contributed by atoms with van der Waals surface area (Å²) in [6.07, 6.45) is 0. The summed E-state index contributed by atoms with van der Waals surface area (Å²) < 4.78 is 6.45. The molecule has 1 aromatic carbocycles. The van der Waals surface area contributed by atoms with E-state index in [4.69, 9.17) is 4.74 Å². The Bertz CT molecular complexity index is 717. The van der Waals surface area contributed by atoms with E-state index >= 15 is 0 Å². The summed E-state index contributed by atoms with van der Waals surface area (Å²) in [5, 5.41) is 0.432. The van der Waals surface area contributed by atoms with Crippen molar-refractivity contribution in [1.82, 2.24) is 9.55 Å². The van der Waals surface area contributed by atoms with Crippen molar-refractivity contribution in [2.45, 2.75) is 20.8 Å². The van der Waals surface area contributed by atoms with Crippen LogP contribution in [0.25, 0.3) is 10.9 Å². The van der Waals surface area contributed by atoms with Crippen molar-refractivity contribution in [3.8, 4) is 0 Å². The Morgan fingerprint density at radius 2 is 2.05 bits per heavy atom. The van der Waals surface area contributed by atoms with Crippen LogP contribution in [0, 0.1) is 13.8 Å². The van der Waals surface area contributed by atoms with Crippen molar-refractivity contribution in [2.24, 2.45) is 7.05 Å². The molecule has 0 aliphatic rings. The number of rotatable bonds is 2. The predicted octanol–water partition coefficient (Wildman–Crippen LogP) is 1.73. The molecule has 5 heteroatoms. The number of hydrogen-bond donors (Lipinski definition) is 0. The maximum absolute atomic E-state index is 12.2. The molecule has 1 aromatic heterocycles. The van der Waals surface area contributed by atoms with E-state index in [-0.39, 0.29) is 5.56 Å². The Kier molecular flexibility index (Phi) is 3.38. The number of aryl methyl sites for hydroxylation is 2. The van der Waals surface area contributed by atoms with Gasteiger partial charge in [-0.3, -0.25) is 9.36 Å². The van der Waals surface area contributed by atoms with Crippen molar-refractivity contribution in [3.63, 3.8) is 0 Å². The highest BCUT2D eigenvalue weighted by Gasteiger charge is 2.14. The van der Waals surface area contributed by atoms with Crippen molar-refractivity contribution in [2.75, 3.05) is 6.61 Å². The van der Waals surface area contributed by atoms with Gasteiger partial charge in [0, 0.05) is 7.05 Å². The van der Waals surface area contributed by atoms with Gasteiger partial charge in [-0.1, -0.05) is 0 Å². The van der Waals surface area contributed by atoms with Crippen LogP contribution in [-0.4, -0.2) is 22.1 Å². The Balaban J connectivity index is 2.75. The van der Waals surface area contributed by atoms with Crippen LogP contribution in [0.3, 0.4) is 0 Å². The summed E-state index contributed by atoms with van der Waals surface area (Å²) >= 11 is 0. The number of aromatic nitrogens is 2. The number of carbonyl (C=O) groups excluding carboxylic acids is 1. The zero-order valence-corrected chi connectivity index (χ0v) is 11.5. The molecule has 19 heavy (non-hydrogen) atoms. The lowest BCUT2D eigenvalue weighted by Gasteiger charge is -2.09. The second-order valence-electron chi connectivity index (χ2n) is 4.43. The van der Waals surface area contributed by atoms with Gasteiger partial charge in [-0.15, -0.1) is 0 Å². The van der Waals surface area contributed by atoms with E-state index in [0.717, 1.165) is 5.56 Å². The van der Waals surface area contributed by atoms with E-state index < -0.39 is 5.97 Å². The Hall–Kier alpha value is -2.17. The van der Waals surface area contributed by atoms with Crippen molar-refractivity contribution < 1.29 is 9.53 Å². The standard InChI is InChI=1S/C14H16N2O3/c1-5-19-14(18)10-7-11-12(6-8(10)2)15-9(3)16(4)13(11)17/h6-7H,5H2,1-4H3. The van der Waals surface area contributed by atoms with E-state index in [1.807, 2.05) is 0 Å². The molecule has 0 aliphatic heterocycles. The minimum atomic E-state index is -0.412. The maximum Gasteiger partial charge on any atom is 0.338 e. The van der Waals surface area contributed by atoms with Crippen LogP contribution < -0.4 is 5.56 Å². The monoisotopic (exact) mass is 260 g/mol. The lowest BCUT2D eigenvalue weighted by Crippen LogP contribution is -2.21. The first-order valence-corrected chi connectivity index (χ1v) is 6.10. The molecule has 5 nitrogen and oxygen atoms in total. The average Bonchev–Trinajstić information content (AvgIpc) is 2.36. The van der Waals surface area contributed by atoms with Gasteiger partial charge in [0.15, 0.2) is 0 Å². The molecular formula is C14H16N2O3. The minimum absolute atomic E-state index is 0.159. The van der Waals surface area contributed by atoms with Crippen LogP contribution >= 0.6 is 0 Å². The molecule has 0 spiro atoms. The highest BCUT2D eigenvalue weighted by atomic mass is 16.5. The summed E-state index contributed by atoms with van der Waals surface area (Å²) in [7, 11) is 1.66. The summed E-state index contributed by atoms with van der Waals surface area (Å²) in [6.45, 7) is 5.63. The molecule has 2 rings (SSSR count). The van der Waals surface area contributed by atoms with Gasteiger partial charge in [0.05, 0.1) is 23.1 Å². The summed E-state index contributed by atoms with van der Waals surface area (Å²) in [5.74, 6) is 0.227. The Morgan fingerprint density at radius 1 is 1.37 bits per heavy atom. The number of ether oxygens (including phenoxy) is 1. The molecule has 0 radical (unpaired) electrons. The zero-order valence-electron chi connectivity index (χ0n) is 11.5. The Morgan fingerprint density at radius 3 is 2.68 bits per heavy atom. The van der Waals surface area contributed by atoms with E-state index in [0.29, 0.717) is 28.9 Å². The number of carbonyl (C=O) groups is 1. The second-order valence-corrected chi connectivity index (χ2v) is 4.43. The molecule has 0 aliphatic carbocycles. The number of esters is 1. The summed E-state index contributed by atoms with van der Waals surface area (Å²) in [6, 6.07) is 3.31. The highest BCUT2D eigenvalue weighted by molar-refractivity contribution is 5.96. The van der Waals surface area contributed by atoms with Crippen LogP contribution in [0.2, 0.25) is 0 Å². The highest BCUT2D eigenvalue weighted by Crippen LogP contribution is 2.17. The topological polar surface area (TPSA) is 61.2 Å². The SMILES string of the molecule is CCOC(=O)c1cc2c(=O)n(C)c(C)nc2cc1C. The second kappa shape index (κ2) is 4.84. The smallest absolute Gasteiger partial charge is 0.338 e. The molecule has 0 saturated heterocycles. The predicted molar refractivity (Wildman–Crippen MR) is 72.4 cm³/mol. The largest absolute Gasteiger partial charge is 0.462 e. The number of fused-ring (bicyclic) bond motifs is 1. The van der Waals surface area contributed by atoms with Gasteiger partial charge >= 0.3 is 5.97 Å². The van der Waals surface area contributed by atoms with Gasteiger partial charge in [-0.2, -0.15) is 0 Å². The van der Waals surface area contributed by atoms with Crippen LogP contribution in [0.1, 0.15) is 28.7 Å². The number of nitrogens with zero attached hydrogens (tertiary/aromatic N) is 2. The summed E-state index contributed by atoms with van der Waals surface area (Å²) in [4.78, 5) is 28.3. The first-order valence-electron chi connectivity index (χ1n) is 6.10. The summed E-state index contributed by atoms with van der Waals surface area (Å²) in [5.41, 5.74) is 1.61. The molecule has 0 atom stereocenters. The molecule has 0 fully saturated rings. The maximum atomic E-state index is 12.2. The molecule has 0 amide bonds.